The lowest BCUT2D eigenvalue weighted by atomic mass is 10.1. The van der Waals surface area contributed by atoms with Gasteiger partial charge in [0.1, 0.15) is 11.5 Å². The second-order valence-corrected chi connectivity index (χ2v) is 3.14. The second kappa shape index (κ2) is 4.07. The van der Waals surface area contributed by atoms with E-state index in [-0.39, 0.29) is 0 Å². The molecule has 0 N–H and O–H groups in total. The average molecular weight is 217 g/mol. The van der Waals surface area contributed by atoms with Gasteiger partial charge >= 0.3 is 0 Å². The molecule has 0 aliphatic rings. The Morgan fingerprint density at radius 3 is 3.00 bits per heavy atom. The lowest BCUT2D eigenvalue weighted by Gasteiger charge is -1.98. The van der Waals surface area contributed by atoms with Crippen LogP contribution in [0.1, 0.15) is 5.56 Å². The first kappa shape index (κ1) is 9.63. The highest BCUT2D eigenvalue weighted by Gasteiger charge is 2.00. The molecular weight excluding hydrogens is 212 g/mol. The van der Waals surface area contributed by atoms with Gasteiger partial charge < -0.3 is 0 Å². The molecule has 4 heteroatoms. The minimum absolute atomic E-state index is 0.412. The predicted molar refractivity (Wildman–Crippen MR) is 57.5 cm³/mol. The van der Waals surface area contributed by atoms with E-state index in [9.17, 15) is 4.79 Å². The molecule has 0 fully saturated rings. The highest BCUT2D eigenvalue weighted by atomic mass is 35.5. The molecule has 3 nitrogen and oxygen atoms in total. The van der Waals surface area contributed by atoms with Crippen molar-refractivity contribution in [3.05, 3.63) is 35.2 Å². The Balaban J connectivity index is 2.62. The van der Waals surface area contributed by atoms with Crippen molar-refractivity contribution in [1.29, 1.82) is 0 Å². The van der Waals surface area contributed by atoms with Crippen LogP contribution in [-0.2, 0) is 4.79 Å². The van der Waals surface area contributed by atoms with Crippen molar-refractivity contribution in [2.45, 2.75) is 0 Å². The standard InChI is InChI=1S/C11H5ClN2O/c12-11-9-4-3-8(2-1-5-15)6-10(9)13-7-14-11/h3-7H. The zero-order valence-electron chi connectivity index (χ0n) is 7.57. The number of hydrogen-bond donors (Lipinski definition) is 0. The molecule has 0 unspecified atom stereocenters. The van der Waals surface area contributed by atoms with Crippen LogP contribution in [0.5, 0.6) is 0 Å². The molecule has 72 valence electrons. The Kier molecular flexibility index (Phi) is 2.61. The van der Waals surface area contributed by atoms with Crippen molar-refractivity contribution in [2.75, 3.05) is 0 Å². The maximum atomic E-state index is 10.1. The maximum Gasteiger partial charge on any atom is 0.193 e. The number of carbonyl (C=O) groups excluding carboxylic acids is 1. The van der Waals surface area contributed by atoms with Crippen molar-refractivity contribution < 1.29 is 4.79 Å². The van der Waals surface area contributed by atoms with Gasteiger partial charge in [0.2, 0.25) is 0 Å². The molecule has 0 amide bonds. The second-order valence-electron chi connectivity index (χ2n) is 2.78. The summed E-state index contributed by atoms with van der Waals surface area (Å²) in [6, 6.07) is 5.32. The minimum atomic E-state index is 0.412. The van der Waals surface area contributed by atoms with Gasteiger partial charge in [-0.1, -0.05) is 17.5 Å². The third-order valence-corrected chi connectivity index (χ3v) is 2.16. The van der Waals surface area contributed by atoms with Gasteiger partial charge in [-0.2, -0.15) is 0 Å². The zero-order chi connectivity index (χ0) is 10.7. The Hall–Kier alpha value is -1.92. The van der Waals surface area contributed by atoms with Crippen LogP contribution < -0.4 is 0 Å². The van der Waals surface area contributed by atoms with Gasteiger partial charge in [0, 0.05) is 10.9 Å². The van der Waals surface area contributed by atoms with Crippen molar-refractivity contribution in [2.24, 2.45) is 0 Å². The van der Waals surface area contributed by atoms with Crippen LogP contribution >= 0.6 is 11.6 Å². The van der Waals surface area contributed by atoms with Gasteiger partial charge in [-0.3, -0.25) is 4.79 Å². The van der Waals surface area contributed by atoms with Gasteiger partial charge in [0.15, 0.2) is 6.29 Å². The fourth-order valence-electron chi connectivity index (χ4n) is 1.21. The molecule has 1 heterocycles. The Labute approximate surface area is 91.1 Å². The molecule has 15 heavy (non-hydrogen) atoms. The summed E-state index contributed by atoms with van der Waals surface area (Å²) in [5, 5.41) is 1.19. The molecule has 0 atom stereocenters. The topological polar surface area (TPSA) is 42.9 Å². The largest absolute Gasteiger partial charge is 0.289 e. The van der Waals surface area contributed by atoms with E-state index in [1.807, 2.05) is 0 Å². The van der Waals surface area contributed by atoms with Crippen LogP contribution in [0.4, 0.5) is 0 Å². The van der Waals surface area contributed by atoms with E-state index in [2.05, 4.69) is 21.8 Å². The van der Waals surface area contributed by atoms with Crippen molar-refractivity contribution >= 4 is 28.8 Å². The van der Waals surface area contributed by atoms with Crippen LogP contribution in [-0.4, -0.2) is 16.3 Å². The van der Waals surface area contributed by atoms with E-state index in [1.165, 1.54) is 6.33 Å². The number of aldehydes is 1. The van der Waals surface area contributed by atoms with Crippen molar-refractivity contribution in [3.8, 4) is 11.8 Å². The smallest absolute Gasteiger partial charge is 0.193 e. The number of nitrogens with zero attached hydrogens (tertiary/aromatic N) is 2. The normalized spacial score (nSPS) is 9.40. The molecule has 0 saturated heterocycles. The highest BCUT2D eigenvalue weighted by Crippen LogP contribution is 2.19. The number of fused-ring (bicyclic) bond motifs is 1. The van der Waals surface area contributed by atoms with E-state index in [0.717, 1.165) is 10.9 Å². The van der Waals surface area contributed by atoms with Gasteiger partial charge in [0.25, 0.3) is 0 Å². The molecule has 0 spiro atoms. The van der Waals surface area contributed by atoms with E-state index < -0.39 is 0 Å². The highest BCUT2D eigenvalue weighted by molar-refractivity contribution is 6.34. The first-order valence-corrected chi connectivity index (χ1v) is 4.54. The first-order chi connectivity index (χ1) is 7.31. The third kappa shape index (κ3) is 1.95. The van der Waals surface area contributed by atoms with Crippen LogP contribution in [0.2, 0.25) is 5.15 Å². The molecule has 0 aliphatic heterocycles. The van der Waals surface area contributed by atoms with Gasteiger partial charge in [-0.05, 0) is 24.1 Å². The summed E-state index contributed by atoms with van der Waals surface area (Å²) in [4.78, 5) is 18.0. The number of rotatable bonds is 0. The van der Waals surface area contributed by atoms with E-state index in [1.54, 1.807) is 18.2 Å². The number of aromatic nitrogens is 2. The monoisotopic (exact) mass is 216 g/mol. The lowest BCUT2D eigenvalue weighted by Crippen LogP contribution is -1.84. The summed E-state index contributed by atoms with van der Waals surface area (Å²) >= 11 is 5.87. The fraction of sp³-hybridized carbons (Fsp3) is 0. The third-order valence-electron chi connectivity index (χ3n) is 1.86. The molecule has 0 saturated carbocycles. The molecule has 0 bridgehead atoms. The lowest BCUT2D eigenvalue weighted by molar-refractivity contribution is -0.103. The molecule has 0 radical (unpaired) electrons. The SMILES string of the molecule is O=CC#Cc1ccc2c(Cl)ncnc2c1. The number of benzene rings is 1. The number of halogens is 1. The predicted octanol–water partition coefficient (Wildman–Crippen LogP) is 1.83. The fourth-order valence-corrected chi connectivity index (χ4v) is 1.42. The van der Waals surface area contributed by atoms with Crippen LogP contribution in [0.3, 0.4) is 0 Å². The summed E-state index contributed by atoms with van der Waals surface area (Å²) in [5.74, 6) is 5.02. The quantitative estimate of drug-likeness (QED) is 0.383. The van der Waals surface area contributed by atoms with E-state index in [0.29, 0.717) is 17.0 Å². The molecule has 1 aromatic carbocycles. The zero-order valence-corrected chi connectivity index (χ0v) is 8.32. The molecule has 1 aromatic heterocycles. The van der Waals surface area contributed by atoms with Crippen molar-refractivity contribution in [3.63, 3.8) is 0 Å². The van der Waals surface area contributed by atoms with Gasteiger partial charge in [0.05, 0.1) is 5.52 Å². The molecular formula is C11H5ClN2O. The summed E-state index contributed by atoms with van der Waals surface area (Å²) in [6.45, 7) is 0. The van der Waals surface area contributed by atoms with Crippen molar-refractivity contribution in [1.82, 2.24) is 9.97 Å². The Morgan fingerprint density at radius 1 is 1.33 bits per heavy atom. The summed E-state index contributed by atoms with van der Waals surface area (Å²) in [5.41, 5.74) is 1.44. The molecule has 2 rings (SSSR count). The van der Waals surface area contributed by atoms with E-state index >= 15 is 0 Å². The Bertz CT molecular complexity index is 584. The van der Waals surface area contributed by atoms with E-state index in [4.69, 9.17) is 11.6 Å². The summed E-state index contributed by atoms with van der Waals surface area (Å²) in [7, 11) is 0. The Morgan fingerprint density at radius 2 is 2.20 bits per heavy atom. The minimum Gasteiger partial charge on any atom is -0.289 e. The molecule has 2 aromatic rings. The first-order valence-electron chi connectivity index (χ1n) is 4.17. The number of hydrogen-bond acceptors (Lipinski definition) is 3. The summed E-state index contributed by atoms with van der Waals surface area (Å²) < 4.78 is 0. The van der Waals surface area contributed by atoms with Gasteiger partial charge in [-0.15, -0.1) is 0 Å². The van der Waals surface area contributed by atoms with Crippen LogP contribution in [0.15, 0.2) is 24.5 Å². The maximum absolute atomic E-state index is 10.1. The summed E-state index contributed by atoms with van der Waals surface area (Å²) in [6.07, 6.45) is 1.94. The van der Waals surface area contributed by atoms with Crippen LogP contribution in [0, 0.1) is 11.8 Å². The van der Waals surface area contributed by atoms with Gasteiger partial charge in [-0.25, -0.2) is 9.97 Å². The van der Waals surface area contributed by atoms with Crippen LogP contribution in [0.25, 0.3) is 10.9 Å². The molecule has 0 aliphatic carbocycles. The average Bonchev–Trinajstić information content (AvgIpc) is 2.26. The number of carbonyl (C=O) groups is 1.